The van der Waals surface area contributed by atoms with Crippen molar-refractivity contribution in [3.63, 3.8) is 0 Å². The molecule has 8 nitrogen and oxygen atoms in total. The summed E-state index contributed by atoms with van der Waals surface area (Å²) in [6, 6.07) is 14.8. The second kappa shape index (κ2) is 9.46. The van der Waals surface area contributed by atoms with E-state index in [4.69, 9.17) is 9.47 Å². The van der Waals surface area contributed by atoms with Crippen LogP contribution in [-0.4, -0.2) is 54.3 Å². The van der Waals surface area contributed by atoms with Gasteiger partial charge in [-0.2, -0.15) is 5.10 Å². The molecule has 0 radical (unpaired) electrons. The zero-order valence-electron chi connectivity index (χ0n) is 19.2. The predicted octanol–water partition coefficient (Wildman–Crippen LogP) is 3.61. The average molecular weight is 449 g/mol. The zero-order valence-corrected chi connectivity index (χ0v) is 19.2. The minimum atomic E-state index is -0.454. The van der Waals surface area contributed by atoms with E-state index < -0.39 is 12.0 Å². The third-order valence-electron chi connectivity index (χ3n) is 5.85. The number of carbonyl (C=O) groups is 2. The number of para-hydroxylation sites is 2. The Labute approximate surface area is 193 Å². The topological polar surface area (TPSA) is 85.7 Å². The Hall–Kier alpha value is -3.65. The molecule has 1 aromatic heterocycles. The third-order valence-corrected chi connectivity index (χ3v) is 5.85. The van der Waals surface area contributed by atoms with E-state index in [0.29, 0.717) is 30.0 Å². The van der Waals surface area contributed by atoms with Crippen LogP contribution >= 0.6 is 0 Å². The Balaban J connectivity index is 1.60. The molecule has 0 aliphatic carbocycles. The van der Waals surface area contributed by atoms with Gasteiger partial charge in [0.25, 0.3) is 5.91 Å². The first-order valence-corrected chi connectivity index (χ1v) is 10.8. The van der Waals surface area contributed by atoms with E-state index >= 15 is 0 Å². The van der Waals surface area contributed by atoms with Crippen LogP contribution in [0.5, 0.6) is 5.75 Å². The van der Waals surface area contributed by atoms with Crippen molar-refractivity contribution in [2.24, 2.45) is 5.92 Å². The molecule has 8 heteroatoms. The number of carbonyl (C=O) groups excluding carboxylic acids is 2. The van der Waals surface area contributed by atoms with Crippen molar-refractivity contribution >= 4 is 17.5 Å². The number of ether oxygens (including phenoxy) is 2. The van der Waals surface area contributed by atoms with E-state index in [2.05, 4.69) is 10.4 Å². The number of hydrogen-bond acceptors (Lipinski definition) is 5. The van der Waals surface area contributed by atoms with Crippen LogP contribution in [0.25, 0.3) is 5.69 Å². The molecule has 1 fully saturated rings. The molecule has 2 atom stereocenters. The van der Waals surface area contributed by atoms with Crippen molar-refractivity contribution in [2.75, 3.05) is 33.1 Å². The van der Waals surface area contributed by atoms with E-state index in [-0.39, 0.29) is 11.8 Å². The van der Waals surface area contributed by atoms with Crippen LogP contribution in [0.15, 0.2) is 54.7 Å². The number of aromatic nitrogens is 2. The smallest absolute Gasteiger partial charge is 0.253 e. The molecule has 0 saturated carbocycles. The van der Waals surface area contributed by atoms with Crippen molar-refractivity contribution in [3.05, 3.63) is 71.5 Å². The van der Waals surface area contributed by atoms with E-state index in [1.165, 1.54) is 4.90 Å². The summed E-state index contributed by atoms with van der Waals surface area (Å²) in [5, 5.41) is 7.48. The van der Waals surface area contributed by atoms with Gasteiger partial charge in [-0.1, -0.05) is 18.2 Å². The van der Waals surface area contributed by atoms with Crippen LogP contribution in [0.3, 0.4) is 0 Å². The lowest BCUT2D eigenvalue weighted by molar-refractivity contribution is -0.121. The second-order valence-corrected chi connectivity index (χ2v) is 8.24. The van der Waals surface area contributed by atoms with E-state index in [0.717, 1.165) is 16.9 Å². The Morgan fingerprint density at radius 1 is 1.18 bits per heavy atom. The minimum absolute atomic E-state index is 0.117. The molecule has 2 amide bonds. The number of amides is 2. The Morgan fingerprint density at radius 3 is 2.73 bits per heavy atom. The molecular weight excluding hydrogens is 420 g/mol. The fourth-order valence-electron chi connectivity index (χ4n) is 4.06. The number of nitrogens with zero attached hydrogens (tertiary/aromatic N) is 3. The van der Waals surface area contributed by atoms with E-state index in [9.17, 15) is 9.59 Å². The highest BCUT2D eigenvalue weighted by Crippen LogP contribution is 2.37. The van der Waals surface area contributed by atoms with Crippen LogP contribution in [0.2, 0.25) is 0 Å². The van der Waals surface area contributed by atoms with Gasteiger partial charge in [-0.3, -0.25) is 9.59 Å². The summed E-state index contributed by atoms with van der Waals surface area (Å²) in [5.41, 5.74) is 3.59. The molecule has 3 aromatic rings. The van der Waals surface area contributed by atoms with Crippen LogP contribution in [0.1, 0.15) is 34.1 Å². The molecule has 1 aliphatic rings. The maximum Gasteiger partial charge on any atom is 0.253 e. The first-order valence-electron chi connectivity index (χ1n) is 10.8. The molecule has 172 valence electrons. The fourth-order valence-corrected chi connectivity index (χ4v) is 4.06. The maximum atomic E-state index is 13.3. The number of aryl methyl sites for hydroxylation is 1. The highest BCUT2D eigenvalue weighted by molar-refractivity contribution is 5.98. The highest BCUT2D eigenvalue weighted by Gasteiger charge is 2.37. The van der Waals surface area contributed by atoms with Crippen molar-refractivity contribution < 1.29 is 19.1 Å². The molecule has 0 unspecified atom stereocenters. The van der Waals surface area contributed by atoms with Crippen LogP contribution in [-0.2, 0) is 9.53 Å². The largest absolute Gasteiger partial charge is 0.494 e. The minimum Gasteiger partial charge on any atom is -0.494 e. The first-order chi connectivity index (χ1) is 15.9. The Kier molecular flexibility index (Phi) is 6.46. The van der Waals surface area contributed by atoms with Crippen LogP contribution < -0.4 is 10.1 Å². The van der Waals surface area contributed by atoms with E-state index in [1.54, 1.807) is 44.2 Å². The molecule has 1 saturated heterocycles. The summed E-state index contributed by atoms with van der Waals surface area (Å²) < 4.78 is 13.3. The Morgan fingerprint density at radius 2 is 1.97 bits per heavy atom. The van der Waals surface area contributed by atoms with Crippen LogP contribution in [0, 0.1) is 12.8 Å². The van der Waals surface area contributed by atoms with Crippen molar-refractivity contribution in [3.8, 4) is 11.4 Å². The molecule has 33 heavy (non-hydrogen) atoms. The van der Waals surface area contributed by atoms with Gasteiger partial charge < -0.3 is 19.7 Å². The van der Waals surface area contributed by atoms with Gasteiger partial charge in [0.05, 0.1) is 18.7 Å². The molecule has 2 heterocycles. The van der Waals surface area contributed by atoms with Crippen molar-refractivity contribution in [2.45, 2.75) is 19.4 Å². The molecular formula is C25H28N4O4. The standard InChI is InChI=1S/C25H28N4O4/c1-16-9-10-17(25(31)28(2)3)15-19(16)27-24(30)18-12-14-33-23(18)21-11-13-26-29(21)20-7-5-6-8-22(20)32-4/h5-11,13,15,18,23H,12,14H2,1-4H3,(H,27,30)/t18-,23-/m0/s1. The normalized spacial score (nSPS) is 17.6. The molecule has 4 rings (SSSR count). The predicted molar refractivity (Wildman–Crippen MR) is 125 cm³/mol. The summed E-state index contributed by atoms with van der Waals surface area (Å²) in [7, 11) is 5.01. The second-order valence-electron chi connectivity index (χ2n) is 8.24. The molecule has 1 N–H and O–H groups in total. The lowest BCUT2D eigenvalue weighted by Crippen LogP contribution is -2.27. The van der Waals surface area contributed by atoms with Crippen molar-refractivity contribution in [1.29, 1.82) is 0 Å². The Bertz CT molecular complexity index is 1170. The monoisotopic (exact) mass is 448 g/mol. The van der Waals surface area contributed by atoms with E-state index in [1.807, 2.05) is 43.3 Å². The molecule has 0 spiro atoms. The zero-order chi connectivity index (χ0) is 23.5. The summed E-state index contributed by atoms with van der Waals surface area (Å²) in [6.07, 6.45) is 1.83. The van der Waals surface area contributed by atoms with Gasteiger partial charge in [0, 0.05) is 38.1 Å². The molecule has 1 aliphatic heterocycles. The lowest BCUT2D eigenvalue weighted by Gasteiger charge is -2.21. The first kappa shape index (κ1) is 22.5. The number of methoxy groups -OCH3 is 1. The fraction of sp³-hybridized carbons (Fsp3) is 0.320. The number of hydrogen-bond donors (Lipinski definition) is 1. The highest BCUT2D eigenvalue weighted by atomic mass is 16.5. The van der Waals surface area contributed by atoms with Gasteiger partial charge >= 0.3 is 0 Å². The summed E-state index contributed by atoms with van der Waals surface area (Å²) >= 11 is 0. The number of nitrogens with one attached hydrogen (secondary N) is 1. The number of benzene rings is 2. The lowest BCUT2D eigenvalue weighted by atomic mass is 9.97. The van der Waals surface area contributed by atoms with Gasteiger partial charge in [0.1, 0.15) is 17.5 Å². The molecule has 2 aromatic carbocycles. The molecule has 0 bridgehead atoms. The van der Waals surface area contributed by atoms with Gasteiger partial charge in [-0.15, -0.1) is 0 Å². The van der Waals surface area contributed by atoms with Gasteiger partial charge in [-0.25, -0.2) is 4.68 Å². The summed E-state index contributed by atoms with van der Waals surface area (Å²) in [4.78, 5) is 27.2. The average Bonchev–Trinajstić information content (AvgIpc) is 3.49. The van der Waals surface area contributed by atoms with Gasteiger partial charge in [-0.05, 0) is 49.2 Å². The SMILES string of the molecule is COc1ccccc1-n1nccc1[C@H]1OCC[C@@H]1C(=O)Nc1cc(C(=O)N(C)C)ccc1C. The summed E-state index contributed by atoms with van der Waals surface area (Å²) in [5.74, 6) is 0.0123. The summed E-state index contributed by atoms with van der Waals surface area (Å²) in [6.45, 7) is 2.37. The van der Waals surface area contributed by atoms with Crippen LogP contribution in [0.4, 0.5) is 5.69 Å². The quantitative estimate of drug-likeness (QED) is 0.623. The van der Waals surface area contributed by atoms with Gasteiger partial charge in [0.2, 0.25) is 5.91 Å². The third kappa shape index (κ3) is 4.47. The van der Waals surface area contributed by atoms with Crippen molar-refractivity contribution in [1.82, 2.24) is 14.7 Å². The number of rotatable bonds is 6. The van der Waals surface area contributed by atoms with Gasteiger partial charge in [0.15, 0.2) is 0 Å². The number of anilines is 1. The maximum absolute atomic E-state index is 13.3.